The van der Waals surface area contributed by atoms with Crippen LogP contribution in [0.15, 0.2) is 52.3 Å². The summed E-state index contributed by atoms with van der Waals surface area (Å²) in [5, 5.41) is 23.2. The SMILES string of the molecule is CC(C)[C@@H]1CN2N=C(c3cnn(CC(C)(C)O)c3)C=C(C(=O)N[C@H](C)c3cccc(C(F)(F)F)c3F)C2=N1. The predicted octanol–water partition coefficient (Wildman–Crippen LogP) is 4.07. The molecule has 4 rings (SSSR count). The van der Waals surface area contributed by atoms with Crippen molar-refractivity contribution in [2.75, 3.05) is 6.54 Å². The Hall–Kier alpha value is -3.54. The monoisotopic (exact) mass is 534 g/mol. The van der Waals surface area contributed by atoms with Crippen LogP contribution in [0.3, 0.4) is 0 Å². The van der Waals surface area contributed by atoms with Crippen molar-refractivity contribution < 1.29 is 27.5 Å². The first-order valence-electron chi connectivity index (χ1n) is 12.2. The van der Waals surface area contributed by atoms with Gasteiger partial charge in [-0.3, -0.25) is 14.5 Å². The molecule has 2 aromatic rings. The quantitative estimate of drug-likeness (QED) is 0.524. The number of nitrogens with one attached hydrogen (secondary N) is 1. The van der Waals surface area contributed by atoms with Crippen molar-refractivity contribution in [2.24, 2.45) is 16.0 Å². The molecule has 0 fully saturated rings. The fourth-order valence-electron chi connectivity index (χ4n) is 4.29. The van der Waals surface area contributed by atoms with E-state index >= 15 is 0 Å². The molecule has 0 unspecified atom stereocenters. The van der Waals surface area contributed by atoms with Crippen LogP contribution < -0.4 is 5.32 Å². The number of rotatable bonds is 7. The Labute approximate surface area is 217 Å². The number of hydrazone groups is 1. The standard InChI is InChI=1S/C26H30F4N6O2/c1-14(2)21-12-36-23(33-21)18(9-20(34-36)16-10-31-35(11-16)13-25(4,5)38)24(37)32-15(3)17-7-6-8-19(22(17)27)26(28,29)30/h6-11,14-15,21,38H,12-13H2,1-5H3,(H,32,37)/t15-,21+/m1/s1. The van der Waals surface area contributed by atoms with Crippen LogP contribution >= 0.6 is 0 Å². The Morgan fingerprint density at radius 3 is 2.58 bits per heavy atom. The first kappa shape index (κ1) is 27.5. The zero-order valence-electron chi connectivity index (χ0n) is 21.7. The summed E-state index contributed by atoms with van der Waals surface area (Å²) in [6, 6.07) is 1.80. The predicted molar refractivity (Wildman–Crippen MR) is 134 cm³/mol. The molecule has 0 aliphatic carbocycles. The third kappa shape index (κ3) is 5.79. The van der Waals surface area contributed by atoms with Gasteiger partial charge in [-0.25, -0.2) is 9.40 Å². The summed E-state index contributed by atoms with van der Waals surface area (Å²) in [4.78, 5) is 18.1. The van der Waals surface area contributed by atoms with Crippen LogP contribution in [-0.2, 0) is 17.5 Å². The molecule has 1 aromatic heterocycles. The van der Waals surface area contributed by atoms with Crippen LogP contribution in [0.4, 0.5) is 17.6 Å². The van der Waals surface area contributed by atoms with Gasteiger partial charge in [0.25, 0.3) is 5.91 Å². The third-order valence-electron chi connectivity index (χ3n) is 6.28. The molecular weight excluding hydrogens is 504 g/mol. The first-order valence-corrected chi connectivity index (χ1v) is 12.2. The second-order valence-corrected chi connectivity index (χ2v) is 10.5. The van der Waals surface area contributed by atoms with E-state index in [0.717, 1.165) is 6.07 Å². The van der Waals surface area contributed by atoms with Gasteiger partial charge in [0.15, 0.2) is 5.84 Å². The molecule has 2 atom stereocenters. The summed E-state index contributed by atoms with van der Waals surface area (Å²) < 4.78 is 55.9. The van der Waals surface area contributed by atoms with E-state index in [9.17, 15) is 27.5 Å². The highest BCUT2D eigenvalue weighted by atomic mass is 19.4. The van der Waals surface area contributed by atoms with Crippen LogP contribution in [-0.4, -0.2) is 55.5 Å². The molecule has 2 aliphatic heterocycles. The lowest BCUT2D eigenvalue weighted by atomic mass is 10.0. The van der Waals surface area contributed by atoms with Crippen molar-refractivity contribution in [3.63, 3.8) is 0 Å². The maximum absolute atomic E-state index is 14.7. The fourth-order valence-corrected chi connectivity index (χ4v) is 4.29. The van der Waals surface area contributed by atoms with Gasteiger partial charge in [0.05, 0.1) is 53.8 Å². The fraction of sp³-hybridized carbons (Fsp3) is 0.462. The minimum Gasteiger partial charge on any atom is -0.389 e. The van der Waals surface area contributed by atoms with Crippen LogP contribution in [0, 0.1) is 11.7 Å². The van der Waals surface area contributed by atoms with Gasteiger partial charge in [-0.2, -0.15) is 23.4 Å². The minimum absolute atomic E-state index is 0.124. The van der Waals surface area contributed by atoms with Gasteiger partial charge in [0.1, 0.15) is 5.82 Å². The van der Waals surface area contributed by atoms with E-state index in [0.29, 0.717) is 29.7 Å². The maximum atomic E-state index is 14.7. The highest BCUT2D eigenvalue weighted by molar-refractivity contribution is 6.28. The van der Waals surface area contributed by atoms with Crippen LogP contribution in [0.1, 0.15) is 57.4 Å². The summed E-state index contributed by atoms with van der Waals surface area (Å²) in [5.41, 5.74) is -1.48. The summed E-state index contributed by atoms with van der Waals surface area (Å²) in [6.07, 6.45) is -0.0628. The number of benzene rings is 1. The van der Waals surface area contributed by atoms with E-state index in [-0.39, 0.29) is 29.6 Å². The second kappa shape index (κ2) is 9.97. The van der Waals surface area contributed by atoms with Crippen molar-refractivity contribution in [2.45, 2.75) is 65.0 Å². The highest BCUT2D eigenvalue weighted by Crippen LogP contribution is 2.34. The number of alkyl halides is 3. The van der Waals surface area contributed by atoms with Crippen molar-refractivity contribution in [3.8, 4) is 0 Å². The van der Waals surface area contributed by atoms with E-state index in [1.165, 1.54) is 19.1 Å². The van der Waals surface area contributed by atoms with Crippen LogP contribution in [0.2, 0.25) is 0 Å². The Balaban J connectivity index is 1.65. The lowest BCUT2D eigenvalue weighted by Crippen LogP contribution is -2.38. The summed E-state index contributed by atoms with van der Waals surface area (Å²) >= 11 is 0. The molecule has 38 heavy (non-hydrogen) atoms. The van der Waals surface area contributed by atoms with E-state index in [4.69, 9.17) is 0 Å². The Morgan fingerprint density at radius 2 is 1.95 bits per heavy atom. The van der Waals surface area contributed by atoms with E-state index in [2.05, 4.69) is 20.5 Å². The molecule has 1 aromatic carbocycles. The molecule has 2 aliphatic rings. The number of carbonyl (C=O) groups is 1. The average molecular weight is 535 g/mol. The minimum atomic E-state index is -4.86. The number of carbonyl (C=O) groups excluding carboxylic acids is 1. The van der Waals surface area contributed by atoms with Gasteiger partial charge >= 0.3 is 6.18 Å². The Morgan fingerprint density at radius 1 is 1.24 bits per heavy atom. The number of hydrogen-bond acceptors (Lipinski definition) is 6. The molecule has 2 N–H and O–H groups in total. The molecular formula is C26H30F4N6O2. The number of aliphatic imine (C=N–C) groups is 1. The highest BCUT2D eigenvalue weighted by Gasteiger charge is 2.37. The molecule has 0 saturated carbocycles. The average Bonchev–Trinajstić information content (AvgIpc) is 3.43. The number of allylic oxidation sites excluding steroid dienone is 1. The zero-order chi connectivity index (χ0) is 28.0. The Bertz CT molecular complexity index is 1320. The number of amides is 1. The summed E-state index contributed by atoms with van der Waals surface area (Å²) in [5.74, 6) is -1.54. The number of amidine groups is 1. The number of aromatic nitrogens is 2. The lowest BCUT2D eigenvalue weighted by Gasteiger charge is -2.24. The van der Waals surface area contributed by atoms with Crippen molar-refractivity contribution in [1.82, 2.24) is 20.1 Å². The molecule has 0 spiro atoms. The number of nitrogens with zero attached hydrogens (tertiary/aromatic N) is 5. The molecule has 204 valence electrons. The molecule has 3 heterocycles. The van der Waals surface area contributed by atoms with Gasteiger partial charge in [0, 0.05) is 17.3 Å². The molecule has 0 bridgehead atoms. The van der Waals surface area contributed by atoms with Crippen molar-refractivity contribution >= 4 is 17.5 Å². The van der Waals surface area contributed by atoms with Gasteiger partial charge in [-0.05, 0) is 38.8 Å². The van der Waals surface area contributed by atoms with Gasteiger partial charge in [-0.15, -0.1) is 0 Å². The molecule has 0 saturated heterocycles. The topological polar surface area (TPSA) is 95.1 Å². The number of hydrogen-bond donors (Lipinski definition) is 2. The summed E-state index contributed by atoms with van der Waals surface area (Å²) in [6.45, 7) is 9.41. The van der Waals surface area contributed by atoms with E-state index < -0.39 is 35.1 Å². The first-order chi connectivity index (χ1) is 17.6. The number of aliphatic hydroxyl groups is 1. The number of fused-ring (bicyclic) bond motifs is 1. The van der Waals surface area contributed by atoms with Crippen LogP contribution in [0.25, 0.3) is 0 Å². The molecule has 0 radical (unpaired) electrons. The van der Waals surface area contributed by atoms with Crippen molar-refractivity contribution in [1.29, 1.82) is 0 Å². The third-order valence-corrected chi connectivity index (χ3v) is 6.28. The Kier molecular flexibility index (Phi) is 7.21. The largest absolute Gasteiger partial charge is 0.419 e. The zero-order valence-corrected chi connectivity index (χ0v) is 21.7. The van der Waals surface area contributed by atoms with Gasteiger partial charge in [0.2, 0.25) is 0 Å². The smallest absolute Gasteiger partial charge is 0.389 e. The van der Waals surface area contributed by atoms with Gasteiger partial charge in [-0.1, -0.05) is 26.0 Å². The van der Waals surface area contributed by atoms with Crippen molar-refractivity contribution in [3.05, 3.63) is 64.7 Å². The number of halogens is 4. The maximum Gasteiger partial charge on any atom is 0.419 e. The normalized spacial score (nSPS) is 18.7. The molecule has 12 heteroatoms. The lowest BCUT2D eigenvalue weighted by molar-refractivity contribution is -0.140. The molecule has 1 amide bonds. The molecule has 8 nitrogen and oxygen atoms in total. The van der Waals surface area contributed by atoms with E-state index in [1.807, 2.05) is 13.8 Å². The van der Waals surface area contributed by atoms with Gasteiger partial charge < -0.3 is 10.4 Å². The second-order valence-electron chi connectivity index (χ2n) is 10.5. The van der Waals surface area contributed by atoms with Crippen LogP contribution in [0.5, 0.6) is 0 Å². The summed E-state index contributed by atoms with van der Waals surface area (Å²) in [7, 11) is 0. The van der Waals surface area contributed by atoms with E-state index in [1.54, 1.807) is 35.9 Å².